The van der Waals surface area contributed by atoms with Crippen LogP contribution in [0.4, 0.5) is 5.69 Å². The van der Waals surface area contributed by atoms with Crippen molar-refractivity contribution in [3.63, 3.8) is 0 Å². The van der Waals surface area contributed by atoms with Gasteiger partial charge in [0.25, 0.3) is 0 Å². The van der Waals surface area contributed by atoms with Gasteiger partial charge in [0.1, 0.15) is 0 Å². The Morgan fingerprint density at radius 1 is 1.50 bits per heavy atom. The molecule has 0 amide bonds. The highest BCUT2D eigenvalue weighted by atomic mass is 79.9. The minimum Gasteiger partial charge on any atom is -0.369 e. The molecule has 1 aromatic rings. The first kappa shape index (κ1) is 13.8. The van der Waals surface area contributed by atoms with Gasteiger partial charge in [0.15, 0.2) is 0 Å². The molecule has 4 heteroatoms. The first-order chi connectivity index (χ1) is 8.81. The van der Waals surface area contributed by atoms with Crippen LogP contribution in [-0.2, 0) is 0 Å². The van der Waals surface area contributed by atoms with Crippen molar-refractivity contribution in [2.75, 3.05) is 24.5 Å². The monoisotopic (exact) mass is 311 g/mol. The van der Waals surface area contributed by atoms with Gasteiger partial charge in [-0.05, 0) is 47.8 Å². The first-order valence-corrected chi connectivity index (χ1v) is 7.68. The van der Waals surface area contributed by atoms with Crippen LogP contribution in [0.25, 0.3) is 0 Å². The fourth-order valence-electron chi connectivity index (χ4n) is 2.55. The summed E-state index contributed by atoms with van der Waals surface area (Å²) in [5.74, 6) is 0. The second kappa shape index (κ2) is 7.10. The molecule has 0 aromatic carbocycles. The number of hydrogen-bond donors (Lipinski definition) is 1. The summed E-state index contributed by atoms with van der Waals surface area (Å²) in [6, 6.07) is 2.73. The van der Waals surface area contributed by atoms with Gasteiger partial charge in [0.05, 0.1) is 10.2 Å². The van der Waals surface area contributed by atoms with Crippen LogP contribution < -0.4 is 10.2 Å². The lowest BCUT2D eigenvalue weighted by Gasteiger charge is -2.32. The maximum absolute atomic E-state index is 4.15. The number of pyridine rings is 1. The molecule has 0 spiro atoms. The standard InChI is InChI=1S/C14H22BrN3/c1-2-9-18(11-12-5-3-4-7-17-12)14-6-8-16-10-13(14)15/h6,8,10,12,17H,2-5,7,9,11H2,1H3. The van der Waals surface area contributed by atoms with Gasteiger partial charge < -0.3 is 10.2 Å². The Hall–Kier alpha value is -0.610. The quantitative estimate of drug-likeness (QED) is 0.905. The van der Waals surface area contributed by atoms with E-state index >= 15 is 0 Å². The van der Waals surface area contributed by atoms with E-state index in [4.69, 9.17) is 0 Å². The normalized spacial score (nSPS) is 19.8. The van der Waals surface area contributed by atoms with E-state index in [0.29, 0.717) is 6.04 Å². The fourth-order valence-corrected chi connectivity index (χ4v) is 3.05. The summed E-state index contributed by atoms with van der Waals surface area (Å²) in [6.45, 7) is 5.59. The van der Waals surface area contributed by atoms with Gasteiger partial charge in [-0.1, -0.05) is 13.3 Å². The predicted octanol–water partition coefficient (Wildman–Crippen LogP) is 3.20. The van der Waals surface area contributed by atoms with E-state index in [1.165, 1.54) is 37.9 Å². The molecule has 1 N–H and O–H groups in total. The van der Waals surface area contributed by atoms with Crippen LogP contribution in [0.2, 0.25) is 0 Å². The fraction of sp³-hybridized carbons (Fsp3) is 0.643. The van der Waals surface area contributed by atoms with Gasteiger partial charge in [-0.15, -0.1) is 0 Å². The van der Waals surface area contributed by atoms with Crippen LogP contribution >= 0.6 is 15.9 Å². The summed E-state index contributed by atoms with van der Waals surface area (Å²) in [6.07, 6.45) is 8.89. The Kier molecular flexibility index (Phi) is 5.45. The van der Waals surface area contributed by atoms with E-state index < -0.39 is 0 Å². The molecule has 18 heavy (non-hydrogen) atoms. The van der Waals surface area contributed by atoms with Crippen molar-refractivity contribution >= 4 is 21.6 Å². The van der Waals surface area contributed by atoms with Crippen molar-refractivity contribution in [2.45, 2.75) is 38.6 Å². The van der Waals surface area contributed by atoms with E-state index in [1.54, 1.807) is 0 Å². The smallest absolute Gasteiger partial charge is 0.0592 e. The van der Waals surface area contributed by atoms with Crippen molar-refractivity contribution in [1.29, 1.82) is 0 Å². The van der Waals surface area contributed by atoms with Gasteiger partial charge in [-0.2, -0.15) is 0 Å². The van der Waals surface area contributed by atoms with Crippen LogP contribution in [-0.4, -0.2) is 30.7 Å². The summed E-state index contributed by atoms with van der Waals surface area (Å²) >= 11 is 3.61. The van der Waals surface area contributed by atoms with Crippen LogP contribution in [0, 0.1) is 0 Å². The Labute approximate surface area is 118 Å². The number of anilines is 1. The number of aromatic nitrogens is 1. The highest BCUT2D eigenvalue weighted by Gasteiger charge is 2.17. The molecule has 2 heterocycles. The topological polar surface area (TPSA) is 28.2 Å². The maximum atomic E-state index is 4.15. The predicted molar refractivity (Wildman–Crippen MR) is 80.1 cm³/mol. The number of nitrogens with zero attached hydrogens (tertiary/aromatic N) is 2. The Morgan fingerprint density at radius 2 is 2.39 bits per heavy atom. The highest BCUT2D eigenvalue weighted by molar-refractivity contribution is 9.10. The van der Waals surface area contributed by atoms with Gasteiger partial charge in [0.2, 0.25) is 0 Å². The summed E-state index contributed by atoms with van der Waals surface area (Å²) in [5.41, 5.74) is 1.26. The van der Waals surface area contributed by atoms with Crippen molar-refractivity contribution < 1.29 is 0 Å². The minimum atomic E-state index is 0.630. The molecule has 2 rings (SSSR count). The molecule has 0 aliphatic carbocycles. The molecule has 1 aromatic heterocycles. The van der Waals surface area contributed by atoms with E-state index in [1.807, 2.05) is 12.4 Å². The SMILES string of the molecule is CCCN(CC1CCCCN1)c1ccncc1Br. The lowest BCUT2D eigenvalue weighted by molar-refractivity contribution is 0.399. The average Bonchev–Trinajstić information content (AvgIpc) is 2.40. The van der Waals surface area contributed by atoms with E-state index in [9.17, 15) is 0 Å². The molecule has 0 radical (unpaired) electrons. The Bertz CT molecular complexity index is 364. The van der Waals surface area contributed by atoms with Crippen LogP contribution in [0.5, 0.6) is 0 Å². The molecule has 1 atom stereocenters. The molecular formula is C14H22BrN3. The number of nitrogens with one attached hydrogen (secondary N) is 1. The molecule has 1 aliphatic heterocycles. The van der Waals surface area contributed by atoms with Crippen LogP contribution in [0.1, 0.15) is 32.6 Å². The van der Waals surface area contributed by atoms with Crippen LogP contribution in [0.3, 0.4) is 0 Å². The van der Waals surface area contributed by atoms with E-state index in [2.05, 4.69) is 44.1 Å². The van der Waals surface area contributed by atoms with E-state index in [0.717, 1.165) is 17.6 Å². The van der Waals surface area contributed by atoms with Gasteiger partial charge >= 0.3 is 0 Å². The molecule has 1 fully saturated rings. The van der Waals surface area contributed by atoms with Crippen molar-refractivity contribution in [3.05, 3.63) is 22.9 Å². The number of rotatable bonds is 5. The zero-order valence-corrected chi connectivity index (χ0v) is 12.6. The van der Waals surface area contributed by atoms with E-state index in [-0.39, 0.29) is 0 Å². The van der Waals surface area contributed by atoms with Gasteiger partial charge in [0, 0.05) is 31.5 Å². The third kappa shape index (κ3) is 3.69. The first-order valence-electron chi connectivity index (χ1n) is 6.89. The molecular weight excluding hydrogens is 290 g/mol. The third-order valence-corrected chi connectivity index (χ3v) is 4.05. The average molecular weight is 312 g/mol. The molecule has 0 bridgehead atoms. The molecule has 1 unspecified atom stereocenters. The highest BCUT2D eigenvalue weighted by Crippen LogP contribution is 2.25. The molecule has 100 valence electrons. The van der Waals surface area contributed by atoms with Gasteiger partial charge in [-0.25, -0.2) is 0 Å². The second-order valence-corrected chi connectivity index (χ2v) is 5.77. The molecule has 0 saturated carbocycles. The van der Waals surface area contributed by atoms with Gasteiger partial charge in [-0.3, -0.25) is 4.98 Å². The van der Waals surface area contributed by atoms with Crippen LogP contribution in [0.15, 0.2) is 22.9 Å². The largest absolute Gasteiger partial charge is 0.369 e. The lowest BCUT2D eigenvalue weighted by Crippen LogP contribution is -2.44. The molecule has 1 saturated heterocycles. The Balaban J connectivity index is 2.05. The number of hydrogen-bond acceptors (Lipinski definition) is 3. The maximum Gasteiger partial charge on any atom is 0.0592 e. The second-order valence-electron chi connectivity index (χ2n) is 4.92. The van der Waals surface area contributed by atoms with Crippen molar-refractivity contribution in [1.82, 2.24) is 10.3 Å². The molecule has 3 nitrogen and oxygen atoms in total. The van der Waals surface area contributed by atoms with Crippen molar-refractivity contribution in [2.24, 2.45) is 0 Å². The number of halogens is 1. The zero-order chi connectivity index (χ0) is 12.8. The summed E-state index contributed by atoms with van der Waals surface area (Å²) in [7, 11) is 0. The summed E-state index contributed by atoms with van der Waals surface area (Å²) in [4.78, 5) is 6.61. The molecule has 1 aliphatic rings. The Morgan fingerprint density at radius 3 is 3.06 bits per heavy atom. The summed E-state index contributed by atoms with van der Waals surface area (Å²) in [5, 5.41) is 3.62. The number of piperidine rings is 1. The minimum absolute atomic E-state index is 0.630. The zero-order valence-electron chi connectivity index (χ0n) is 11.0. The summed E-state index contributed by atoms with van der Waals surface area (Å²) < 4.78 is 1.09. The third-order valence-electron chi connectivity index (χ3n) is 3.44. The van der Waals surface area contributed by atoms with Crippen molar-refractivity contribution in [3.8, 4) is 0 Å². The lowest BCUT2D eigenvalue weighted by atomic mass is 10.0.